The van der Waals surface area contributed by atoms with E-state index < -0.39 is 0 Å². The molecule has 0 bridgehead atoms. The lowest BCUT2D eigenvalue weighted by molar-refractivity contribution is 0.143. The predicted molar refractivity (Wildman–Crippen MR) is 76.3 cm³/mol. The lowest BCUT2D eigenvalue weighted by Crippen LogP contribution is -2.43. The van der Waals surface area contributed by atoms with Crippen molar-refractivity contribution in [1.29, 1.82) is 0 Å². The van der Waals surface area contributed by atoms with Gasteiger partial charge in [0.25, 0.3) is 0 Å². The molecule has 1 unspecified atom stereocenters. The molecule has 1 aliphatic rings. The Morgan fingerprint density at radius 3 is 2.88 bits per heavy atom. The second-order valence-corrected chi connectivity index (χ2v) is 5.24. The summed E-state index contributed by atoms with van der Waals surface area (Å²) in [6, 6.07) is 4.66. The quantitative estimate of drug-likeness (QED) is 0.931. The van der Waals surface area contributed by atoms with Crippen LogP contribution in [0.15, 0.2) is 22.8 Å². The number of hydrogen-bond acceptors (Lipinski definition) is 3. The number of rotatable bonds is 3. The molecule has 1 atom stereocenters. The van der Waals surface area contributed by atoms with Gasteiger partial charge in [-0.1, -0.05) is 6.42 Å². The van der Waals surface area contributed by atoms with Gasteiger partial charge in [0, 0.05) is 29.8 Å². The van der Waals surface area contributed by atoms with E-state index in [1.54, 1.807) is 0 Å². The number of nitrogens with two attached hydrogens (primary N) is 1. The van der Waals surface area contributed by atoms with Crippen LogP contribution in [0.4, 0.5) is 0 Å². The number of pyridine rings is 1. The molecule has 96 valence electrons. The molecule has 2 heterocycles. The monoisotopic (exact) mass is 319 g/mol. The van der Waals surface area contributed by atoms with E-state index in [1.165, 1.54) is 19.3 Å². The van der Waals surface area contributed by atoms with Crippen molar-refractivity contribution in [3.8, 4) is 0 Å². The Balaban J connectivity index is 0.00000144. The van der Waals surface area contributed by atoms with Crippen LogP contribution in [0, 0.1) is 0 Å². The molecule has 0 radical (unpaired) electrons. The van der Waals surface area contributed by atoms with E-state index in [-0.39, 0.29) is 12.4 Å². The van der Waals surface area contributed by atoms with Crippen molar-refractivity contribution in [2.75, 3.05) is 13.1 Å². The molecule has 17 heavy (non-hydrogen) atoms. The smallest absolute Gasteiger partial charge is 0.0544 e. The van der Waals surface area contributed by atoms with E-state index in [9.17, 15) is 0 Å². The highest BCUT2D eigenvalue weighted by atomic mass is 79.9. The minimum atomic E-state index is 0. The first kappa shape index (κ1) is 14.9. The minimum absolute atomic E-state index is 0. The molecule has 1 fully saturated rings. The van der Waals surface area contributed by atoms with Gasteiger partial charge in [0.2, 0.25) is 0 Å². The average molecular weight is 321 g/mol. The Labute approximate surface area is 117 Å². The Hall–Kier alpha value is -0.160. The van der Waals surface area contributed by atoms with Crippen LogP contribution in [0.25, 0.3) is 0 Å². The van der Waals surface area contributed by atoms with Crippen LogP contribution in [0.2, 0.25) is 0 Å². The Kier molecular flexibility index (Phi) is 6.41. The van der Waals surface area contributed by atoms with Crippen LogP contribution in [0.5, 0.6) is 0 Å². The molecule has 0 aliphatic carbocycles. The second-order valence-electron chi connectivity index (χ2n) is 4.32. The van der Waals surface area contributed by atoms with E-state index in [0.717, 1.165) is 29.8 Å². The highest BCUT2D eigenvalue weighted by Crippen LogP contribution is 2.18. The summed E-state index contributed by atoms with van der Waals surface area (Å²) in [5.41, 5.74) is 6.93. The standard InChI is InChI=1S/C12H18BrN3.ClH/c13-10-4-5-11(15-8-10)9-16-6-2-1-3-12(16)7-14;/h4-5,8,12H,1-3,6-7,9,14H2;1H. The maximum absolute atomic E-state index is 5.80. The third-order valence-electron chi connectivity index (χ3n) is 3.17. The van der Waals surface area contributed by atoms with Crippen molar-refractivity contribution in [3.63, 3.8) is 0 Å². The van der Waals surface area contributed by atoms with Gasteiger partial charge in [-0.05, 0) is 47.4 Å². The molecule has 1 saturated heterocycles. The number of piperidine rings is 1. The van der Waals surface area contributed by atoms with Gasteiger partial charge in [0.05, 0.1) is 5.69 Å². The van der Waals surface area contributed by atoms with Gasteiger partial charge in [0.1, 0.15) is 0 Å². The molecular weight excluding hydrogens is 302 g/mol. The summed E-state index contributed by atoms with van der Waals surface area (Å²) in [5, 5.41) is 0. The van der Waals surface area contributed by atoms with E-state index in [2.05, 4.69) is 31.9 Å². The third-order valence-corrected chi connectivity index (χ3v) is 3.64. The van der Waals surface area contributed by atoms with Crippen LogP contribution >= 0.6 is 28.3 Å². The molecule has 5 heteroatoms. The second kappa shape index (κ2) is 7.31. The summed E-state index contributed by atoms with van der Waals surface area (Å²) in [7, 11) is 0. The normalized spacial score (nSPS) is 20.9. The summed E-state index contributed by atoms with van der Waals surface area (Å²) in [6.45, 7) is 2.84. The summed E-state index contributed by atoms with van der Waals surface area (Å²) in [4.78, 5) is 6.87. The number of nitrogens with zero attached hydrogens (tertiary/aromatic N) is 2. The zero-order chi connectivity index (χ0) is 11.4. The zero-order valence-corrected chi connectivity index (χ0v) is 12.2. The van der Waals surface area contributed by atoms with Crippen LogP contribution in [0.1, 0.15) is 25.0 Å². The van der Waals surface area contributed by atoms with Gasteiger partial charge in [-0.15, -0.1) is 12.4 Å². The van der Waals surface area contributed by atoms with Crippen molar-refractivity contribution in [2.24, 2.45) is 5.73 Å². The molecule has 0 amide bonds. The maximum Gasteiger partial charge on any atom is 0.0544 e. The van der Waals surface area contributed by atoms with Crippen LogP contribution in [-0.4, -0.2) is 29.0 Å². The first-order valence-corrected chi connectivity index (χ1v) is 6.63. The van der Waals surface area contributed by atoms with Crippen molar-refractivity contribution < 1.29 is 0 Å². The zero-order valence-electron chi connectivity index (χ0n) is 9.81. The Bertz CT molecular complexity index is 331. The fourth-order valence-corrected chi connectivity index (χ4v) is 2.48. The van der Waals surface area contributed by atoms with E-state index in [4.69, 9.17) is 5.73 Å². The molecule has 3 nitrogen and oxygen atoms in total. The molecule has 1 aromatic heterocycles. The number of halogens is 2. The molecule has 0 spiro atoms. The molecule has 0 saturated carbocycles. The van der Waals surface area contributed by atoms with E-state index in [1.807, 2.05) is 12.3 Å². The SMILES string of the molecule is Cl.NCC1CCCCN1Cc1ccc(Br)cn1. The molecule has 2 rings (SSSR count). The lowest BCUT2D eigenvalue weighted by atomic mass is 10.0. The first-order chi connectivity index (χ1) is 7.79. The van der Waals surface area contributed by atoms with Gasteiger partial charge < -0.3 is 5.73 Å². The van der Waals surface area contributed by atoms with Crippen molar-refractivity contribution in [3.05, 3.63) is 28.5 Å². The third kappa shape index (κ3) is 4.21. The van der Waals surface area contributed by atoms with E-state index in [0.29, 0.717) is 6.04 Å². The molecule has 1 aromatic rings. The van der Waals surface area contributed by atoms with Gasteiger partial charge in [-0.2, -0.15) is 0 Å². The fourth-order valence-electron chi connectivity index (χ4n) is 2.24. The van der Waals surface area contributed by atoms with Gasteiger partial charge >= 0.3 is 0 Å². The van der Waals surface area contributed by atoms with Crippen molar-refractivity contribution in [1.82, 2.24) is 9.88 Å². The van der Waals surface area contributed by atoms with E-state index >= 15 is 0 Å². The van der Waals surface area contributed by atoms with Gasteiger partial charge in [-0.3, -0.25) is 9.88 Å². The summed E-state index contributed by atoms with van der Waals surface area (Å²) in [6.07, 6.45) is 5.68. The molecule has 1 aliphatic heterocycles. The Morgan fingerprint density at radius 2 is 2.24 bits per heavy atom. The van der Waals surface area contributed by atoms with Crippen LogP contribution in [0.3, 0.4) is 0 Å². The average Bonchev–Trinajstić information content (AvgIpc) is 2.33. The first-order valence-electron chi connectivity index (χ1n) is 5.84. The molecule has 0 aromatic carbocycles. The van der Waals surface area contributed by atoms with Crippen molar-refractivity contribution >= 4 is 28.3 Å². The molecular formula is C12H19BrClN3. The van der Waals surface area contributed by atoms with Crippen LogP contribution < -0.4 is 5.73 Å². The highest BCUT2D eigenvalue weighted by molar-refractivity contribution is 9.10. The fraction of sp³-hybridized carbons (Fsp3) is 0.583. The van der Waals surface area contributed by atoms with Gasteiger partial charge in [0.15, 0.2) is 0 Å². The lowest BCUT2D eigenvalue weighted by Gasteiger charge is -2.34. The number of likely N-dealkylation sites (tertiary alicyclic amines) is 1. The maximum atomic E-state index is 5.80. The predicted octanol–water partition coefficient (Wildman–Crippen LogP) is 2.58. The summed E-state index contributed by atoms with van der Waals surface area (Å²) in [5.74, 6) is 0. The topological polar surface area (TPSA) is 42.1 Å². The molecule has 2 N–H and O–H groups in total. The summed E-state index contributed by atoms with van der Waals surface area (Å²) >= 11 is 3.40. The van der Waals surface area contributed by atoms with Gasteiger partial charge in [-0.25, -0.2) is 0 Å². The van der Waals surface area contributed by atoms with Crippen molar-refractivity contribution in [2.45, 2.75) is 31.8 Å². The number of hydrogen-bond donors (Lipinski definition) is 1. The minimum Gasteiger partial charge on any atom is -0.329 e. The summed E-state index contributed by atoms with van der Waals surface area (Å²) < 4.78 is 1.03. The van der Waals surface area contributed by atoms with Crippen LogP contribution in [-0.2, 0) is 6.54 Å². The number of aromatic nitrogens is 1. The highest BCUT2D eigenvalue weighted by Gasteiger charge is 2.21. The Morgan fingerprint density at radius 1 is 1.41 bits per heavy atom. The largest absolute Gasteiger partial charge is 0.329 e.